The summed E-state index contributed by atoms with van der Waals surface area (Å²) in [4.78, 5) is 0. The van der Waals surface area contributed by atoms with E-state index in [2.05, 4.69) is 42.7 Å². The highest BCUT2D eigenvalue weighted by Crippen LogP contribution is 2.38. The third kappa shape index (κ3) is 2.85. The van der Waals surface area contributed by atoms with Crippen LogP contribution in [-0.4, -0.2) is 13.6 Å². The molecule has 1 unspecified atom stereocenters. The molecule has 1 heteroatoms. The Morgan fingerprint density at radius 3 is 2.50 bits per heavy atom. The molecule has 1 N–H and O–H groups in total. The van der Waals surface area contributed by atoms with Crippen LogP contribution >= 0.6 is 0 Å². The van der Waals surface area contributed by atoms with Crippen molar-refractivity contribution >= 4 is 0 Å². The van der Waals surface area contributed by atoms with Crippen LogP contribution in [0, 0.1) is 5.92 Å². The molecule has 2 rings (SSSR count). The maximum atomic E-state index is 3.29. The van der Waals surface area contributed by atoms with Gasteiger partial charge in [-0.3, -0.25) is 0 Å². The van der Waals surface area contributed by atoms with Crippen LogP contribution in [-0.2, 0) is 0 Å². The molecule has 0 aliphatic heterocycles. The Kier molecular flexibility index (Phi) is 4.41. The molecule has 1 aromatic rings. The van der Waals surface area contributed by atoms with Crippen LogP contribution in [0.1, 0.15) is 43.6 Å². The molecule has 0 amide bonds. The number of benzene rings is 1. The Hall–Kier alpha value is -0.820. The molecule has 0 radical (unpaired) electrons. The van der Waals surface area contributed by atoms with Gasteiger partial charge in [-0.1, -0.05) is 43.2 Å². The molecule has 1 fully saturated rings. The molecule has 1 aromatic carbocycles. The van der Waals surface area contributed by atoms with E-state index in [1.54, 1.807) is 5.56 Å². The van der Waals surface area contributed by atoms with E-state index in [9.17, 15) is 0 Å². The number of hydrogen-bond acceptors (Lipinski definition) is 1. The van der Waals surface area contributed by atoms with E-state index in [1.807, 2.05) is 0 Å². The highest BCUT2D eigenvalue weighted by molar-refractivity contribution is 5.20. The molecule has 0 spiro atoms. The van der Waals surface area contributed by atoms with Crippen LogP contribution in [0.25, 0.3) is 0 Å². The van der Waals surface area contributed by atoms with Crippen LogP contribution in [0.4, 0.5) is 0 Å². The Morgan fingerprint density at radius 2 is 1.88 bits per heavy atom. The monoisotopic (exact) mass is 217 g/mol. The lowest BCUT2D eigenvalue weighted by Crippen LogP contribution is -2.17. The zero-order chi connectivity index (χ0) is 11.2. The van der Waals surface area contributed by atoms with Crippen molar-refractivity contribution < 1.29 is 0 Å². The zero-order valence-corrected chi connectivity index (χ0v) is 10.3. The number of nitrogens with one attached hydrogen (secondary N) is 1. The largest absolute Gasteiger partial charge is 0.320 e. The maximum Gasteiger partial charge on any atom is -0.00460 e. The van der Waals surface area contributed by atoms with E-state index in [-0.39, 0.29) is 0 Å². The average Bonchev–Trinajstić information content (AvgIpc) is 2.85. The second kappa shape index (κ2) is 6.05. The van der Waals surface area contributed by atoms with Gasteiger partial charge in [0.1, 0.15) is 0 Å². The Balaban J connectivity index is 2.07. The summed E-state index contributed by atoms with van der Waals surface area (Å²) in [5, 5.41) is 3.29. The van der Waals surface area contributed by atoms with E-state index in [1.165, 1.54) is 32.1 Å². The van der Waals surface area contributed by atoms with Crippen molar-refractivity contribution in [1.29, 1.82) is 0 Å². The molecule has 1 atom stereocenters. The van der Waals surface area contributed by atoms with Crippen LogP contribution < -0.4 is 5.32 Å². The van der Waals surface area contributed by atoms with Gasteiger partial charge in [-0.25, -0.2) is 0 Å². The summed E-state index contributed by atoms with van der Waals surface area (Å²) in [5.41, 5.74) is 1.55. The van der Waals surface area contributed by atoms with Crippen molar-refractivity contribution in [2.24, 2.45) is 5.92 Å². The minimum absolute atomic E-state index is 0.774. The molecule has 1 nitrogen and oxygen atoms in total. The van der Waals surface area contributed by atoms with Gasteiger partial charge in [-0.2, -0.15) is 0 Å². The summed E-state index contributed by atoms with van der Waals surface area (Å²) in [6.45, 7) is 1.13. The van der Waals surface area contributed by atoms with Gasteiger partial charge >= 0.3 is 0 Å². The van der Waals surface area contributed by atoms with Gasteiger partial charge in [0.15, 0.2) is 0 Å². The highest BCUT2D eigenvalue weighted by Gasteiger charge is 2.25. The van der Waals surface area contributed by atoms with Gasteiger partial charge < -0.3 is 5.32 Å². The molecule has 1 saturated carbocycles. The molecule has 0 saturated heterocycles. The molecule has 0 bridgehead atoms. The van der Waals surface area contributed by atoms with Gasteiger partial charge in [0.2, 0.25) is 0 Å². The molecular formula is C15H23N. The SMILES string of the molecule is CNCCC(c1ccccc1)C1CCCC1. The Morgan fingerprint density at radius 1 is 1.19 bits per heavy atom. The third-order valence-electron chi connectivity index (χ3n) is 3.90. The van der Waals surface area contributed by atoms with Crippen LogP contribution in [0.5, 0.6) is 0 Å². The van der Waals surface area contributed by atoms with Crippen LogP contribution in [0.2, 0.25) is 0 Å². The second-order valence-electron chi connectivity index (χ2n) is 4.95. The fourth-order valence-electron chi connectivity index (χ4n) is 3.03. The Bertz CT molecular complexity index is 288. The first-order valence-corrected chi connectivity index (χ1v) is 6.61. The standard InChI is InChI=1S/C15H23N/c1-16-12-11-15(14-9-5-6-10-14)13-7-3-2-4-8-13/h2-4,7-8,14-16H,5-6,9-12H2,1H3. The van der Waals surface area contributed by atoms with Gasteiger partial charge in [0.05, 0.1) is 0 Å². The molecule has 88 valence electrons. The van der Waals surface area contributed by atoms with Crippen molar-refractivity contribution in [1.82, 2.24) is 5.32 Å². The van der Waals surface area contributed by atoms with Crippen molar-refractivity contribution in [3.05, 3.63) is 35.9 Å². The zero-order valence-electron chi connectivity index (χ0n) is 10.3. The van der Waals surface area contributed by atoms with Gasteiger partial charge in [0.25, 0.3) is 0 Å². The summed E-state index contributed by atoms with van der Waals surface area (Å²) in [5.74, 6) is 1.70. The van der Waals surface area contributed by atoms with Crippen molar-refractivity contribution in [3.8, 4) is 0 Å². The molecule has 1 aliphatic carbocycles. The van der Waals surface area contributed by atoms with E-state index < -0.39 is 0 Å². The number of rotatable bonds is 5. The summed E-state index contributed by atoms with van der Waals surface area (Å²) in [6, 6.07) is 11.1. The minimum Gasteiger partial charge on any atom is -0.320 e. The average molecular weight is 217 g/mol. The summed E-state index contributed by atoms with van der Waals surface area (Å²) < 4.78 is 0. The lowest BCUT2D eigenvalue weighted by atomic mass is 9.82. The number of hydrogen-bond donors (Lipinski definition) is 1. The van der Waals surface area contributed by atoms with Gasteiger partial charge in [0, 0.05) is 0 Å². The maximum absolute atomic E-state index is 3.29. The van der Waals surface area contributed by atoms with Gasteiger partial charge in [-0.15, -0.1) is 0 Å². The van der Waals surface area contributed by atoms with E-state index in [0.29, 0.717) is 0 Å². The van der Waals surface area contributed by atoms with Crippen molar-refractivity contribution in [2.75, 3.05) is 13.6 Å². The molecule has 0 aromatic heterocycles. The van der Waals surface area contributed by atoms with Crippen molar-refractivity contribution in [2.45, 2.75) is 38.0 Å². The predicted molar refractivity (Wildman–Crippen MR) is 69.7 cm³/mol. The lowest BCUT2D eigenvalue weighted by molar-refractivity contribution is 0.408. The van der Waals surface area contributed by atoms with Gasteiger partial charge in [-0.05, 0) is 50.3 Å². The van der Waals surface area contributed by atoms with E-state index >= 15 is 0 Å². The van der Waals surface area contributed by atoms with E-state index in [4.69, 9.17) is 0 Å². The second-order valence-corrected chi connectivity index (χ2v) is 4.95. The van der Waals surface area contributed by atoms with Crippen molar-refractivity contribution in [3.63, 3.8) is 0 Å². The van der Waals surface area contributed by atoms with Crippen LogP contribution in [0.15, 0.2) is 30.3 Å². The smallest absolute Gasteiger partial charge is 0.00460 e. The predicted octanol–water partition coefficient (Wildman–Crippen LogP) is 3.57. The first-order chi connectivity index (χ1) is 7.92. The lowest BCUT2D eigenvalue weighted by Gasteiger charge is -2.23. The molecule has 0 heterocycles. The fraction of sp³-hybridized carbons (Fsp3) is 0.600. The minimum atomic E-state index is 0.774. The highest BCUT2D eigenvalue weighted by atomic mass is 14.8. The molecular weight excluding hydrogens is 194 g/mol. The first-order valence-electron chi connectivity index (χ1n) is 6.61. The summed E-state index contributed by atoms with van der Waals surface area (Å²) in [6.07, 6.45) is 7.03. The van der Waals surface area contributed by atoms with Crippen LogP contribution in [0.3, 0.4) is 0 Å². The molecule has 16 heavy (non-hydrogen) atoms. The first kappa shape index (κ1) is 11.7. The summed E-state index contributed by atoms with van der Waals surface area (Å²) in [7, 11) is 2.05. The quantitative estimate of drug-likeness (QED) is 0.795. The fourth-order valence-corrected chi connectivity index (χ4v) is 3.03. The Labute approximate surface area is 99.3 Å². The van der Waals surface area contributed by atoms with E-state index in [0.717, 1.165) is 18.4 Å². The topological polar surface area (TPSA) is 12.0 Å². The normalized spacial score (nSPS) is 18.8. The third-order valence-corrected chi connectivity index (χ3v) is 3.90. The molecule has 1 aliphatic rings. The summed E-state index contributed by atoms with van der Waals surface area (Å²) >= 11 is 0.